The molecule has 1 N–H and O–H groups in total. The molecular weight excluding hydrogens is 444 g/mol. The van der Waals surface area contributed by atoms with Crippen LogP contribution in [0, 0.1) is 0 Å². The third kappa shape index (κ3) is 4.91. The van der Waals surface area contributed by atoms with Crippen LogP contribution >= 0.6 is 11.6 Å². The van der Waals surface area contributed by atoms with Crippen molar-refractivity contribution in [3.8, 4) is 22.8 Å². The standard InChI is InChI=1S/C24H27ClN4O4/c1-4-33-24(30)21-22(17-6-8-18(25)9-7-17)27-29-15-28(14-26-23(21)29)12-11-16-5-10-19(31-2)20(13-16)32-3/h5-10,13,26H,4,11-12,14-15H2,1-3H3. The number of halogens is 1. The molecule has 0 amide bonds. The molecule has 1 aromatic heterocycles. The zero-order chi connectivity index (χ0) is 23.4. The minimum absolute atomic E-state index is 0.293. The van der Waals surface area contributed by atoms with Gasteiger partial charge in [0.25, 0.3) is 0 Å². The van der Waals surface area contributed by atoms with Gasteiger partial charge in [0.1, 0.15) is 17.1 Å². The number of carbonyl (C=O) groups excluding carboxylic acids is 1. The van der Waals surface area contributed by atoms with E-state index in [-0.39, 0.29) is 0 Å². The molecule has 0 saturated carbocycles. The monoisotopic (exact) mass is 470 g/mol. The predicted octanol–water partition coefficient (Wildman–Crippen LogP) is 4.28. The van der Waals surface area contributed by atoms with Gasteiger partial charge in [-0.2, -0.15) is 5.10 Å². The maximum atomic E-state index is 12.8. The lowest BCUT2D eigenvalue weighted by Gasteiger charge is -2.29. The number of rotatable bonds is 8. The SMILES string of the molecule is CCOC(=O)c1c(-c2ccc(Cl)cc2)nn2c1NCN(CCc1ccc(OC)c(OC)c1)C2. The number of ether oxygens (including phenoxy) is 3. The summed E-state index contributed by atoms with van der Waals surface area (Å²) in [6.07, 6.45) is 0.827. The zero-order valence-corrected chi connectivity index (χ0v) is 19.7. The number of esters is 1. The Morgan fingerprint density at radius 2 is 1.88 bits per heavy atom. The summed E-state index contributed by atoms with van der Waals surface area (Å²) in [5.41, 5.74) is 2.98. The average Bonchev–Trinajstić information content (AvgIpc) is 3.22. The highest BCUT2D eigenvalue weighted by Gasteiger charge is 2.29. The number of fused-ring (bicyclic) bond motifs is 1. The first-order valence-corrected chi connectivity index (χ1v) is 11.1. The van der Waals surface area contributed by atoms with Crippen LogP contribution in [0.1, 0.15) is 22.8 Å². The number of methoxy groups -OCH3 is 2. The largest absolute Gasteiger partial charge is 0.493 e. The molecule has 1 aliphatic rings. The number of carbonyl (C=O) groups is 1. The topological polar surface area (TPSA) is 77.9 Å². The smallest absolute Gasteiger partial charge is 0.344 e. The van der Waals surface area contributed by atoms with Crippen molar-refractivity contribution in [1.82, 2.24) is 14.7 Å². The fourth-order valence-corrected chi connectivity index (χ4v) is 3.98. The third-order valence-corrected chi connectivity index (χ3v) is 5.77. The summed E-state index contributed by atoms with van der Waals surface area (Å²) in [6.45, 7) is 4.02. The Kier molecular flexibility index (Phi) is 7.05. The molecule has 8 nitrogen and oxygen atoms in total. The van der Waals surface area contributed by atoms with Crippen LogP contribution in [0.3, 0.4) is 0 Å². The summed E-state index contributed by atoms with van der Waals surface area (Å²) >= 11 is 6.04. The Labute approximate surface area is 198 Å². The molecule has 9 heteroatoms. The van der Waals surface area contributed by atoms with E-state index in [2.05, 4.69) is 10.2 Å². The second-order valence-corrected chi connectivity index (χ2v) is 8.05. The highest BCUT2D eigenvalue weighted by atomic mass is 35.5. The van der Waals surface area contributed by atoms with Crippen LogP contribution in [0.4, 0.5) is 5.82 Å². The summed E-state index contributed by atoms with van der Waals surface area (Å²) in [5.74, 6) is 1.70. The van der Waals surface area contributed by atoms with Gasteiger partial charge in [-0.15, -0.1) is 0 Å². The first kappa shape index (κ1) is 22.9. The number of benzene rings is 2. The molecule has 0 unspecified atom stereocenters. The predicted molar refractivity (Wildman–Crippen MR) is 127 cm³/mol. The van der Waals surface area contributed by atoms with E-state index < -0.39 is 5.97 Å². The van der Waals surface area contributed by atoms with E-state index in [4.69, 9.17) is 30.9 Å². The van der Waals surface area contributed by atoms with E-state index in [1.54, 1.807) is 33.3 Å². The minimum atomic E-state index is -0.394. The molecule has 2 heterocycles. The van der Waals surface area contributed by atoms with Crippen molar-refractivity contribution in [3.05, 3.63) is 58.6 Å². The maximum Gasteiger partial charge on any atom is 0.344 e. The van der Waals surface area contributed by atoms with Gasteiger partial charge in [0.15, 0.2) is 11.5 Å². The van der Waals surface area contributed by atoms with Gasteiger partial charge in [-0.05, 0) is 43.2 Å². The van der Waals surface area contributed by atoms with Gasteiger partial charge in [0.05, 0.1) is 34.2 Å². The van der Waals surface area contributed by atoms with Gasteiger partial charge in [-0.3, -0.25) is 4.90 Å². The van der Waals surface area contributed by atoms with Crippen molar-refractivity contribution in [3.63, 3.8) is 0 Å². The molecule has 0 saturated heterocycles. The maximum absolute atomic E-state index is 12.8. The van der Waals surface area contributed by atoms with E-state index in [1.165, 1.54) is 0 Å². The molecule has 174 valence electrons. The lowest BCUT2D eigenvalue weighted by Crippen LogP contribution is -2.39. The van der Waals surface area contributed by atoms with Crippen LogP contribution in [0.5, 0.6) is 11.5 Å². The van der Waals surface area contributed by atoms with Crippen molar-refractivity contribution >= 4 is 23.4 Å². The Bertz CT molecular complexity index is 1130. The highest BCUT2D eigenvalue weighted by Crippen LogP contribution is 2.32. The first-order valence-electron chi connectivity index (χ1n) is 10.7. The molecule has 1 aliphatic heterocycles. The quantitative estimate of drug-likeness (QED) is 0.492. The van der Waals surface area contributed by atoms with E-state index in [0.717, 1.165) is 24.1 Å². The van der Waals surface area contributed by atoms with Gasteiger partial charge in [0, 0.05) is 17.1 Å². The van der Waals surface area contributed by atoms with Crippen molar-refractivity contribution in [2.75, 3.05) is 39.4 Å². The van der Waals surface area contributed by atoms with Crippen LogP contribution in [-0.4, -0.2) is 54.7 Å². The molecule has 33 heavy (non-hydrogen) atoms. The van der Waals surface area contributed by atoms with Gasteiger partial charge >= 0.3 is 5.97 Å². The molecule has 0 aliphatic carbocycles. The van der Waals surface area contributed by atoms with Crippen LogP contribution < -0.4 is 14.8 Å². The molecule has 0 radical (unpaired) electrons. The number of anilines is 1. The van der Waals surface area contributed by atoms with Crippen molar-refractivity contribution in [2.24, 2.45) is 0 Å². The molecule has 4 rings (SSSR count). The zero-order valence-electron chi connectivity index (χ0n) is 18.9. The second kappa shape index (κ2) is 10.1. The second-order valence-electron chi connectivity index (χ2n) is 7.61. The Morgan fingerprint density at radius 3 is 2.58 bits per heavy atom. The third-order valence-electron chi connectivity index (χ3n) is 5.52. The lowest BCUT2D eigenvalue weighted by molar-refractivity contribution is 0.0527. The number of aromatic nitrogens is 2. The van der Waals surface area contributed by atoms with Gasteiger partial charge in [0.2, 0.25) is 0 Å². The Balaban J connectivity index is 1.54. The molecule has 0 atom stereocenters. The fourth-order valence-electron chi connectivity index (χ4n) is 3.85. The number of hydrogen-bond acceptors (Lipinski definition) is 7. The molecule has 3 aromatic rings. The average molecular weight is 471 g/mol. The van der Waals surface area contributed by atoms with Crippen molar-refractivity contribution in [1.29, 1.82) is 0 Å². The van der Waals surface area contributed by atoms with E-state index in [0.29, 0.717) is 53.5 Å². The van der Waals surface area contributed by atoms with Crippen LogP contribution in [0.15, 0.2) is 42.5 Å². The van der Waals surface area contributed by atoms with E-state index in [1.807, 2.05) is 35.0 Å². The normalized spacial score (nSPS) is 13.2. The summed E-state index contributed by atoms with van der Waals surface area (Å²) in [7, 11) is 3.26. The summed E-state index contributed by atoms with van der Waals surface area (Å²) < 4.78 is 17.9. The van der Waals surface area contributed by atoms with E-state index in [9.17, 15) is 4.79 Å². The molecule has 0 bridgehead atoms. The van der Waals surface area contributed by atoms with Crippen molar-refractivity contribution in [2.45, 2.75) is 20.0 Å². The summed E-state index contributed by atoms with van der Waals surface area (Å²) in [4.78, 5) is 15.0. The summed E-state index contributed by atoms with van der Waals surface area (Å²) in [6, 6.07) is 13.2. The minimum Gasteiger partial charge on any atom is -0.493 e. The van der Waals surface area contributed by atoms with Crippen LogP contribution in [0.2, 0.25) is 5.02 Å². The first-order chi connectivity index (χ1) is 16.0. The molecule has 2 aromatic carbocycles. The lowest BCUT2D eigenvalue weighted by atomic mass is 10.1. The van der Waals surface area contributed by atoms with Gasteiger partial charge in [-0.1, -0.05) is 29.8 Å². The van der Waals surface area contributed by atoms with Gasteiger partial charge in [-0.25, -0.2) is 9.48 Å². The fraction of sp³-hybridized carbons (Fsp3) is 0.333. The Morgan fingerprint density at radius 1 is 1.12 bits per heavy atom. The number of nitrogens with zero attached hydrogens (tertiary/aromatic N) is 3. The van der Waals surface area contributed by atoms with E-state index >= 15 is 0 Å². The van der Waals surface area contributed by atoms with Crippen molar-refractivity contribution < 1.29 is 19.0 Å². The summed E-state index contributed by atoms with van der Waals surface area (Å²) in [5, 5.41) is 8.72. The Hall–Kier alpha value is -3.23. The molecule has 0 fully saturated rings. The number of hydrogen-bond donors (Lipinski definition) is 1. The van der Waals surface area contributed by atoms with Crippen LogP contribution in [0.25, 0.3) is 11.3 Å². The number of nitrogens with one attached hydrogen (secondary N) is 1. The van der Waals surface area contributed by atoms with Crippen LogP contribution in [-0.2, 0) is 17.8 Å². The molecule has 0 spiro atoms. The van der Waals surface area contributed by atoms with Gasteiger partial charge < -0.3 is 19.5 Å². The highest BCUT2D eigenvalue weighted by molar-refractivity contribution is 6.30. The molecular formula is C24H27ClN4O4.